The highest BCUT2D eigenvalue weighted by atomic mass is 32.2. The van der Waals surface area contributed by atoms with E-state index >= 15 is 0 Å². The molecular weight excluding hydrogens is 312 g/mol. The molecule has 0 saturated carbocycles. The van der Waals surface area contributed by atoms with Crippen molar-refractivity contribution in [2.75, 3.05) is 23.0 Å². The first-order valence-corrected chi connectivity index (χ1v) is 10.6. The topological polar surface area (TPSA) is 91.3 Å². The smallest absolute Gasteiger partial charge is 0.184 e. The SMILES string of the molecule is CC(C)C(=O)C[S+]1CCC(=O)CC1.CCCCS(=O)(=O)[O-]. The van der Waals surface area contributed by atoms with Gasteiger partial charge in [-0.3, -0.25) is 9.59 Å². The van der Waals surface area contributed by atoms with Gasteiger partial charge in [-0.1, -0.05) is 27.2 Å². The molecule has 1 fully saturated rings. The summed E-state index contributed by atoms with van der Waals surface area (Å²) in [6.07, 6.45) is 2.64. The lowest BCUT2D eigenvalue weighted by Gasteiger charge is -2.13. The van der Waals surface area contributed by atoms with Gasteiger partial charge in [0.2, 0.25) is 0 Å². The predicted octanol–water partition coefficient (Wildman–Crippen LogP) is 1.52. The Morgan fingerprint density at radius 3 is 2.14 bits per heavy atom. The van der Waals surface area contributed by atoms with E-state index in [0.717, 1.165) is 17.9 Å². The van der Waals surface area contributed by atoms with E-state index in [4.69, 9.17) is 0 Å². The van der Waals surface area contributed by atoms with Crippen LogP contribution in [-0.2, 0) is 30.6 Å². The van der Waals surface area contributed by atoms with Gasteiger partial charge in [0.15, 0.2) is 11.5 Å². The van der Waals surface area contributed by atoms with Crippen LogP contribution >= 0.6 is 0 Å². The van der Waals surface area contributed by atoms with Gasteiger partial charge in [0.05, 0.1) is 23.0 Å². The zero-order valence-corrected chi connectivity index (χ0v) is 14.7. The van der Waals surface area contributed by atoms with Crippen molar-refractivity contribution in [1.82, 2.24) is 0 Å². The first-order valence-electron chi connectivity index (χ1n) is 7.27. The predicted molar refractivity (Wildman–Crippen MR) is 85.5 cm³/mol. The number of rotatable bonds is 6. The molecule has 1 aliphatic rings. The monoisotopic (exact) mass is 338 g/mol. The molecule has 21 heavy (non-hydrogen) atoms. The van der Waals surface area contributed by atoms with Gasteiger partial charge in [-0.05, 0) is 17.3 Å². The molecule has 0 N–H and O–H groups in total. The van der Waals surface area contributed by atoms with E-state index in [1.807, 2.05) is 20.8 Å². The van der Waals surface area contributed by atoms with Crippen LogP contribution in [0.4, 0.5) is 0 Å². The largest absolute Gasteiger partial charge is 0.748 e. The molecule has 0 aliphatic carbocycles. The Morgan fingerprint density at radius 2 is 1.81 bits per heavy atom. The summed E-state index contributed by atoms with van der Waals surface area (Å²) in [4.78, 5) is 22.4. The van der Waals surface area contributed by atoms with Gasteiger partial charge in [0.1, 0.15) is 17.3 Å². The van der Waals surface area contributed by atoms with Crippen molar-refractivity contribution in [3.8, 4) is 0 Å². The standard InChI is InChI=1S/C10H17O2S.C4H10O3S/c1-8(2)10(12)7-13-5-3-9(11)4-6-13;1-2-3-4-8(5,6)7/h8H,3-7H2,1-2H3;2-4H2,1H3,(H,5,6,7)/q+1;/p-1. The molecule has 0 amide bonds. The summed E-state index contributed by atoms with van der Waals surface area (Å²) in [7, 11) is -3.72. The highest BCUT2D eigenvalue weighted by Crippen LogP contribution is 2.12. The molecule has 0 atom stereocenters. The lowest BCUT2D eigenvalue weighted by Crippen LogP contribution is -2.30. The van der Waals surface area contributed by atoms with Crippen LogP contribution < -0.4 is 0 Å². The van der Waals surface area contributed by atoms with Crippen molar-refractivity contribution < 1.29 is 22.6 Å². The molecule has 1 rings (SSSR count). The van der Waals surface area contributed by atoms with Crippen molar-refractivity contribution in [3.63, 3.8) is 0 Å². The van der Waals surface area contributed by atoms with Gasteiger partial charge in [0.25, 0.3) is 0 Å². The van der Waals surface area contributed by atoms with E-state index in [-0.39, 0.29) is 22.6 Å². The van der Waals surface area contributed by atoms with Crippen LogP contribution in [0.15, 0.2) is 0 Å². The van der Waals surface area contributed by atoms with Crippen LogP contribution in [0, 0.1) is 5.92 Å². The molecule has 1 heterocycles. The molecule has 0 unspecified atom stereocenters. The molecule has 0 spiro atoms. The lowest BCUT2D eigenvalue weighted by molar-refractivity contribution is -0.120. The minimum absolute atomic E-state index is 0.158. The second-order valence-corrected chi connectivity index (χ2v) is 9.29. The van der Waals surface area contributed by atoms with Crippen molar-refractivity contribution in [1.29, 1.82) is 0 Å². The summed E-state index contributed by atoms with van der Waals surface area (Å²) < 4.78 is 29.5. The van der Waals surface area contributed by atoms with Gasteiger partial charge in [0, 0.05) is 11.7 Å². The summed E-state index contributed by atoms with van der Waals surface area (Å²) in [5, 5.41) is 0. The molecule has 1 saturated heterocycles. The quantitative estimate of drug-likeness (QED) is 0.541. The molecule has 0 bridgehead atoms. The third-order valence-corrected chi connectivity index (χ3v) is 6.12. The highest BCUT2D eigenvalue weighted by Gasteiger charge is 2.29. The number of carbonyl (C=O) groups is 2. The Hall–Kier alpha value is -0.400. The average Bonchev–Trinajstić information content (AvgIpc) is 2.39. The maximum atomic E-state index is 11.4. The lowest BCUT2D eigenvalue weighted by atomic mass is 10.1. The van der Waals surface area contributed by atoms with Gasteiger partial charge >= 0.3 is 0 Å². The van der Waals surface area contributed by atoms with Crippen LogP contribution in [0.1, 0.15) is 46.5 Å². The van der Waals surface area contributed by atoms with E-state index in [2.05, 4.69) is 0 Å². The van der Waals surface area contributed by atoms with Crippen molar-refractivity contribution in [2.45, 2.75) is 46.5 Å². The highest BCUT2D eigenvalue weighted by molar-refractivity contribution is 7.97. The third kappa shape index (κ3) is 11.9. The van der Waals surface area contributed by atoms with Crippen LogP contribution in [0.2, 0.25) is 0 Å². The molecule has 7 heteroatoms. The van der Waals surface area contributed by atoms with Gasteiger partial charge in [-0.25, -0.2) is 8.42 Å². The van der Waals surface area contributed by atoms with Gasteiger partial charge in [-0.2, -0.15) is 0 Å². The summed E-state index contributed by atoms with van der Waals surface area (Å²) in [6.45, 7) is 5.73. The maximum absolute atomic E-state index is 11.4. The molecule has 5 nitrogen and oxygen atoms in total. The number of Topliss-reactive ketones (excluding diaryl/α,β-unsaturated/α-hetero) is 2. The molecular formula is C14H26O5S2. The average molecular weight is 338 g/mol. The fourth-order valence-electron chi connectivity index (χ4n) is 1.58. The van der Waals surface area contributed by atoms with E-state index in [9.17, 15) is 22.6 Å². The molecule has 124 valence electrons. The van der Waals surface area contributed by atoms with E-state index in [1.54, 1.807) is 0 Å². The zero-order valence-electron chi connectivity index (χ0n) is 13.1. The second-order valence-electron chi connectivity index (χ2n) is 5.44. The van der Waals surface area contributed by atoms with Crippen molar-refractivity contribution >= 4 is 32.6 Å². The molecule has 0 aromatic rings. The fourth-order valence-corrected chi connectivity index (χ4v) is 4.48. The normalized spacial score (nSPS) is 16.5. The van der Waals surface area contributed by atoms with E-state index < -0.39 is 10.1 Å². The van der Waals surface area contributed by atoms with Crippen LogP contribution in [0.25, 0.3) is 0 Å². The molecule has 1 aliphatic heterocycles. The number of ketones is 2. The minimum atomic E-state index is -3.94. The Morgan fingerprint density at radius 1 is 1.29 bits per heavy atom. The zero-order chi connectivity index (χ0) is 16.5. The van der Waals surface area contributed by atoms with Crippen molar-refractivity contribution in [3.05, 3.63) is 0 Å². The summed E-state index contributed by atoms with van der Waals surface area (Å²) in [5.74, 6) is 3.30. The molecule has 0 aromatic heterocycles. The fraction of sp³-hybridized carbons (Fsp3) is 0.857. The second kappa shape index (κ2) is 10.3. The first kappa shape index (κ1) is 20.6. The Kier molecular flexibility index (Phi) is 10.1. The summed E-state index contributed by atoms with van der Waals surface area (Å²) >= 11 is 0. The molecule has 0 radical (unpaired) electrons. The number of carbonyl (C=O) groups excluding carboxylic acids is 2. The van der Waals surface area contributed by atoms with Gasteiger partial charge in [-0.15, -0.1) is 0 Å². The van der Waals surface area contributed by atoms with Crippen LogP contribution in [0.5, 0.6) is 0 Å². The van der Waals surface area contributed by atoms with Crippen molar-refractivity contribution in [2.24, 2.45) is 5.92 Å². The summed E-state index contributed by atoms with van der Waals surface area (Å²) in [6, 6.07) is 0. The number of hydrogen-bond acceptors (Lipinski definition) is 5. The van der Waals surface area contributed by atoms with Crippen LogP contribution in [-0.4, -0.2) is 47.5 Å². The Bertz CT molecular complexity index is 419. The number of hydrogen-bond donors (Lipinski definition) is 0. The van der Waals surface area contributed by atoms with Crippen LogP contribution in [0.3, 0.4) is 0 Å². The van der Waals surface area contributed by atoms with E-state index in [1.165, 1.54) is 0 Å². The third-order valence-electron chi connectivity index (χ3n) is 3.08. The van der Waals surface area contributed by atoms with E-state index in [0.29, 0.717) is 36.6 Å². The number of unbranched alkanes of at least 4 members (excludes halogenated alkanes) is 1. The Labute approximate surface area is 131 Å². The maximum Gasteiger partial charge on any atom is 0.184 e. The Balaban J connectivity index is 0.000000433. The first-order chi connectivity index (χ1) is 9.65. The molecule has 0 aromatic carbocycles. The minimum Gasteiger partial charge on any atom is -0.748 e. The van der Waals surface area contributed by atoms with Gasteiger partial charge < -0.3 is 4.55 Å². The summed E-state index contributed by atoms with van der Waals surface area (Å²) in [5.41, 5.74) is 0.